The highest BCUT2D eigenvalue weighted by atomic mass is 35.5. The van der Waals surface area contributed by atoms with E-state index < -0.39 is 11.9 Å². The second kappa shape index (κ2) is 9.71. The van der Waals surface area contributed by atoms with Crippen LogP contribution in [0.1, 0.15) is 33.2 Å². The fourth-order valence-corrected chi connectivity index (χ4v) is 2.66. The maximum Gasteiger partial charge on any atom is 0.343 e. The van der Waals surface area contributed by atoms with Crippen LogP contribution in [0, 0.1) is 0 Å². The molecule has 0 aliphatic heterocycles. The number of ether oxygens (including phenoxy) is 2. The smallest absolute Gasteiger partial charge is 0.343 e. The molecule has 3 rings (SSSR count). The second-order valence-corrected chi connectivity index (χ2v) is 6.81. The molecule has 0 saturated heterocycles. The van der Waals surface area contributed by atoms with Gasteiger partial charge in [0.1, 0.15) is 12.4 Å². The summed E-state index contributed by atoms with van der Waals surface area (Å²) in [4.78, 5) is 35.4. The van der Waals surface area contributed by atoms with Crippen LogP contribution in [-0.2, 0) is 16.1 Å². The minimum absolute atomic E-state index is 0.0544. The molecule has 0 unspecified atom stereocenters. The molecule has 1 N–H and O–H groups in total. The van der Waals surface area contributed by atoms with Crippen molar-refractivity contribution in [2.24, 2.45) is 0 Å². The molecule has 0 bridgehead atoms. The first kappa shape index (κ1) is 21.1. The summed E-state index contributed by atoms with van der Waals surface area (Å²) in [7, 11) is 0. The van der Waals surface area contributed by atoms with Crippen molar-refractivity contribution >= 4 is 35.1 Å². The van der Waals surface area contributed by atoms with E-state index in [1.54, 1.807) is 72.8 Å². The topological polar surface area (TPSA) is 81.7 Å². The van der Waals surface area contributed by atoms with Crippen molar-refractivity contribution in [2.75, 3.05) is 5.32 Å². The Morgan fingerprint density at radius 3 is 1.97 bits per heavy atom. The third kappa shape index (κ3) is 5.93. The lowest BCUT2D eigenvalue weighted by Gasteiger charge is -2.08. The zero-order valence-electron chi connectivity index (χ0n) is 16.1. The molecule has 0 aliphatic carbocycles. The summed E-state index contributed by atoms with van der Waals surface area (Å²) in [6.07, 6.45) is 0. The van der Waals surface area contributed by atoms with Crippen LogP contribution in [0.5, 0.6) is 5.75 Å². The van der Waals surface area contributed by atoms with Crippen LogP contribution in [0.25, 0.3) is 0 Å². The lowest BCUT2D eigenvalue weighted by molar-refractivity contribution is -0.114. The zero-order valence-corrected chi connectivity index (χ0v) is 16.8. The number of hydrogen-bond acceptors (Lipinski definition) is 5. The summed E-state index contributed by atoms with van der Waals surface area (Å²) in [6.45, 7) is 1.46. The first-order chi connectivity index (χ1) is 14.4. The molecular formula is C23H18ClNO5. The van der Waals surface area contributed by atoms with Crippen LogP contribution in [-0.4, -0.2) is 17.8 Å². The molecule has 30 heavy (non-hydrogen) atoms. The highest BCUT2D eigenvalue weighted by Crippen LogP contribution is 2.17. The van der Waals surface area contributed by atoms with Crippen molar-refractivity contribution in [3.8, 4) is 5.75 Å². The summed E-state index contributed by atoms with van der Waals surface area (Å²) in [5, 5.41) is 3.18. The Labute approximate surface area is 178 Å². The number of halogens is 1. The molecule has 0 atom stereocenters. The van der Waals surface area contributed by atoms with Crippen LogP contribution in [0.15, 0.2) is 72.8 Å². The quantitative estimate of drug-likeness (QED) is 0.451. The molecule has 0 aliphatic rings. The van der Waals surface area contributed by atoms with Gasteiger partial charge in [-0.05, 0) is 66.2 Å². The number of carbonyl (C=O) groups is 3. The molecule has 6 nitrogen and oxygen atoms in total. The third-order valence-electron chi connectivity index (χ3n) is 4.02. The van der Waals surface area contributed by atoms with E-state index in [0.29, 0.717) is 27.6 Å². The average Bonchev–Trinajstić information content (AvgIpc) is 2.74. The van der Waals surface area contributed by atoms with Crippen molar-refractivity contribution in [1.82, 2.24) is 0 Å². The number of amides is 1. The van der Waals surface area contributed by atoms with Gasteiger partial charge in [-0.2, -0.15) is 0 Å². The van der Waals surface area contributed by atoms with E-state index >= 15 is 0 Å². The average molecular weight is 424 g/mol. The second-order valence-electron chi connectivity index (χ2n) is 6.38. The first-order valence-electron chi connectivity index (χ1n) is 9.02. The molecule has 3 aromatic rings. The normalized spacial score (nSPS) is 10.2. The van der Waals surface area contributed by atoms with Crippen molar-refractivity contribution in [3.63, 3.8) is 0 Å². The Kier molecular flexibility index (Phi) is 6.83. The lowest BCUT2D eigenvalue weighted by atomic mass is 10.1. The van der Waals surface area contributed by atoms with Gasteiger partial charge in [-0.1, -0.05) is 23.7 Å². The van der Waals surface area contributed by atoms with Crippen LogP contribution >= 0.6 is 11.6 Å². The van der Waals surface area contributed by atoms with Gasteiger partial charge in [0.2, 0.25) is 5.91 Å². The largest absolute Gasteiger partial charge is 0.457 e. The fraction of sp³-hybridized carbons (Fsp3) is 0.0870. The van der Waals surface area contributed by atoms with Gasteiger partial charge in [-0.3, -0.25) is 4.79 Å². The number of carbonyl (C=O) groups excluding carboxylic acids is 3. The van der Waals surface area contributed by atoms with Crippen molar-refractivity contribution in [1.29, 1.82) is 0 Å². The zero-order chi connectivity index (χ0) is 21.5. The minimum atomic E-state index is -0.500. The molecule has 0 spiro atoms. The number of benzene rings is 3. The summed E-state index contributed by atoms with van der Waals surface area (Å²) in [5.41, 5.74) is 2.06. The van der Waals surface area contributed by atoms with Crippen LogP contribution in [0.3, 0.4) is 0 Å². The molecule has 0 fully saturated rings. The predicted octanol–water partition coefficient (Wildman–Crippen LogP) is 4.87. The summed E-state index contributed by atoms with van der Waals surface area (Å²) < 4.78 is 10.6. The third-order valence-corrected chi connectivity index (χ3v) is 4.28. The number of rotatable bonds is 6. The maximum absolute atomic E-state index is 12.2. The van der Waals surface area contributed by atoms with Gasteiger partial charge in [-0.15, -0.1) is 0 Å². The number of anilines is 1. The van der Waals surface area contributed by atoms with Crippen molar-refractivity contribution < 1.29 is 23.9 Å². The standard InChI is InChI=1S/C23H18ClNO5/c1-15(26)25-20-10-6-17(7-11-20)22(27)29-14-16-2-4-18(5-3-16)23(28)30-21-12-8-19(24)9-13-21/h2-13H,14H2,1H3,(H,25,26). The first-order valence-corrected chi connectivity index (χ1v) is 9.40. The molecule has 0 aromatic heterocycles. The van der Waals surface area contributed by atoms with Crippen LogP contribution in [0.4, 0.5) is 5.69 Å². The minimum Gasteiger partial charge on any atom is -0.457 e. The number of esters is 2. The SMILES string of the molecule is CC(=O)Nc1ccc(C(=O)OCc2ccc(C(=O)Oc3ccc(Cl)cc3)cc2)cc1. The van der Waals surface area contributed by atoms with Gasteiger partial charge in [0, 0.05) is 17.6 Å². The Balaban J connectivity index is 1.53. The van der Waals surface area contributed by atoms with Gasteiger partial charge in [0.25, 0.3) is 0 Å². The fourth-order valence-electron chi connectivity index (χ4n) is 2.53. The number of hydrogen-bond donors (Lipinski definition) is 1. The van der Waals surface area contributed by atoms with Gasteiger partial charge in [0.15, 0.2) is 0 Å². The van der Waals surface area contributed by atoms with Crippen LogP contribution < -0.4 is 10.1 Å². The van der Waals surface area contributed by atoms with Gasteiger partial charge >= 0.3 is 11.9 Å². The highest BCUT2D eigenvalue weighted by molar-refractivity contribution is 6.30. The Bertz CT molecular complexity index is 1040. The van der Waals surface area contributed by atoms with Gasteiger partial charge in [-0.25, -0.2) is 9.59 Å². The number of nitrogens with one attached hydrogen (secondary N) is 1. The summed E-state index contributed by atoms with van der Waals surface area (Å²) in [5.74, 6) is -0.784. The van der Waals surface area contributed by atoms with Crippen molar-refractivity contribution in [2.45, 2.75) is 13.5 Å². The maximum atomic E-state index is 12.2. The van der Waals surface area contributed by atoms with E-state index in [1.807, 2.05) is 0 Å². The van der Waals surface area contributed by atoms with E-state index in [1.165, 1.54) is 6.92 Å². The molecule has 3 aromatic carbocycles. The van der Waals surface area contributed by atoms with E-state index in [9.17, 15) is 14.4 Å². The van der Waals surface area contributed by atoms with Crippen molar-refractivity contribution in [3.05, 3.63) is 94.5 Å². The highest BCUT2D eigenvalue weighted by Gasteiger charge is 2.11. The van der Waals surface area contributed by atoms with Gasteiger partial charge < -0.3 is 14.8 Å². The molecule has 0 heterocycles. The molecule has 152 valence electrons. The van der Waals surface area contributed by atoms with E-state index in [-0.39, 0.29) is 12.5 Å². The van der Waals surface area contributed by atoms with Gasteiger partial charge in [0.05, 0.1) is 11.1 Å². The summed E-state index contributed by atoms with van der Waals surface area (Å²) >= 11 is 5.81. The van der Waals surface area contributed by atoms with E-state index in [2.05, 4.69) is 5.32 Å². The van der Waals surface area contributed by atoms with E-state index in [0.717, 1.165) is 5.56 Å². The lowest BCUT2D eigenvalue weighted by Crippen LogP contribution is -2.09. The summed E-state index contributed by atoms with van der Waals surface area (Å²) in [6, 6.07) is 19.5. The Morgan fingerprint density at radius 2 is 1.37 bits per heavy atom. The van der Waals surface area contributed by atoms with Crippen LogP contribution in [0.2, 0.25) is 5.02 Å². The predicted molar refractivity (Wildman–Crippen MR) is 113 cm³/mol. The molecular weight excluding hydrogens is 406 g/mol. The molecule has 1 amide bonds. The molecule has 0 radical (unpaired) electrons. The Morgan fingerprint density at radius 1 is 0.800 bits per heavy atom. The molecule has 7 heteroatoms. The van der Waals surface area contributed by atoms with E-state index in [4.69, 9.17) is 21.1 Å². The monoisotopic (exact) mass is 423 g/mol. The molecule has 0 saturated carbocycles. The Hall–Kier alpha value is -3.64.